The molecule has 76 valence electrons. The van der Waals surface area contributed by atoms with Gasteiger partial charge in [-0.3, -0.25) is 0 Å². The van der Waals surface area contributed by atoms with E-state index < -0.39 is 0 Å². The summed E-state index contributed by atoms with van der Waals surface area (Å²) in [6, 6.07) is 6.73. The van der Waals surface area contributed by atoms with E-state index in [-0.39, 0.29) is 5.75 Å². The number of hydrogen-bond donors (Lipinski definition) is 2. The second-order valence-electron chi connectivity index (χ2n) is 2.98. The maximum absolute atomic E-state index is 9.14. The normalized spacial score (nSPS) is 10.2. The third-order valence-electron chi connectivity index (χ3n) is 1.92. The molecule has 0 saturated heterocycles. The van der Waals surface area contributed by atoms with Crippen molar-refractivity contribution in [1.29, 1.82) is 0 Å². The number of aromatic nitrogens is 2. The number of phenols is 1. The van der Waals surface area contributed by atoms with Crippen LogP contribution in [0.3, 0.4) is 0 Å². The van der Waals surface area contributed by atoms with E-state index in [0.717, 1.165) is 5.56 Å². The van der Waals surface area contributed by atoms with Gasteiger partial charge in [-0.15, -0.1) is 0 Å². The number of benzene rings is 1. The first kappa shape index (κ1) is 9.92. The minimum absolute atomic E-state index is 0.223. The molecule has 0 atom stereocenters. The quantitative estimate of drug-likeness (QED) is 0.829. The number of nitrogens with zero attached hydrogens (tertiary/aromatic N) is 2. The molecule has 0 unspecified atom stereocenters. The van der Waals surface area contributed by atoms with Crippen molar-refractivity contribution < 1.29 is 5.11 Å². The number of anilines is 1. The third-order valence-corrected chi connectivity index (χ3v) is 2.50. The molecule has 1 aromatic carbocycles. The van der Waals surface area contributed by atoms with E-state index >= 15 is 0 Å². The number of aromatic hydroxyl groups is 1. The fourth-order valence-electron chi connectivity index (χ4n) is 1.15. The molecule has 0 aliphatic carbocycles. The van der Waals surface area contributed by atoms with Crippen molar-refractivity contribution in [3.8, 4) is 17.0 Å². The van der Waals surface area contributed by atoms with Crippen LogP contribution in [-0.4, -0.2) is 15.1 Å². The summed E-state index contributed by atoms with van der Waals surface area (Å²) in [5, 5.41) is 9.14. The van der Waals surface area contributed by atoms with E-state index in [0.29, 0.717) is 16.1 Å². The molecular weight excluding hydrogens is 258 g/mol. The van der Waals surface area contributed by atoms with Crippen molar-refractivity contribution in [2.24, 2.45) is 0 Å². The zero-order chi connectivity index (χ0) is 10.8. The van der Waals surface area contributed by atoms with Gasteiger partial charge in [-0.2, -0.15) is 0 Å². The average molecular weight is 266 g/mol. The molecule has 0 bridgehead atoms. The van der Waals surface area contributed by atoms with Crippen LogP contribution in [0.2, 0.25) is 0 Å². The van der Waals surface area contributed by atoms with E-state index in [1.54, 1.807) is 30.5 Å². The summed E-state index contributed by atoms with van der Waals surface area (Å²) in [4.78, 5) is 8.20. The molecule has 0 amide bonds. The number of nitrogens with two attached hydrogens (primary N) is 1. The Morgan fingerprint density at radius 3 is 2.47 bits per heavy atom. The van der Waals surface area contributed by atoms with Crippen molar-refractivity contribution in [3.05, 3.63) is 35.1 Å². The first-order chi connectivity index (χ1) is 7.16. The van der Waals surface area contributed by atoms with Crippen LogP contribution in [0.5, 0.6) is 5.75 Å². The minimum atomic E-state index is 0.223. The molecule has 0 aliphatic heterocycles. The molecule has 0 aliphatic rings. The van der Waals surface area contributed by atoms with E-state index in [9.17, 15) is 0 Å². The summed E-state index contributed by atoms with van der Waals surface area (Å²) in [7, 11) is 0. The number of phenolic OH excluding ortho intramolecular Hbond substituents is 1. The van der Waals surface area contributed by atoms with Crippen LogP contribution < -0.4 is 5.73 Å². The van der Waals surface area contributed by atoms with Gasteiger partial charge in [0.15, 0.2) is 5.82 Å². The van der Waals surface area contributed by atoms with Gasteiger partial charge in [-0.05, 0) is 40.2 Å². The highest BCUT2D eigenvalue weighted by Crippen LogP contribution is 2.22. The minimum Gasteiger partial charge on any atom is -0.508 e. The lowest BCUT2D eigenvalue weighted by atomic mass is 10.1. The molecule has 2 aromatic rings. The Morgan fingerprint density at radius 1 is 1.20 bits per heavy atom. The largest absolute Gasteiger partial charge is 0.508 e. The fourth-order valence-corrected chi connectivity index (χ4v) is 1.44. The van der Waals surface area contributed by atoms with E-state index in [1.165, 1.54) is 0 Å². The Morgan fingerprint density at radius 2 is 1.87 bits per heavy atom. The number of hydrogen-bond acceptors (Lipinski definition) is 4. The van der Waals surface area contributed by atoms with Crippen LogP contribution in [0.1, 0.15) is 0 Å². The molecule has 0 fully saturated rings. The maximum atomic E-state index is 9.14. The summed E-state index contributed by atoms with van der Waals surface area (Å²) >= 11 is 3.21. The molecule has 0 spiro atoms. The van der Waals surface area contributed by atoms with Gasteiger partial charge >= 0.3 is 0 Å². The molecule has 15 heavy (non-hydrogen) atoms. The van der Waals surface area contributed by atoms with Gasteiger partial charge in [0.05, 0.1) is 11.9 Å². The van der Waals surface area contributed by atoms with Crippen LogP contribution >= 0.6 is 15.9 Å². The van der Waals surface area contributed by atoms with Crippen LogP contribution in [0.4, 0.5) is 5.82 Å². The van der Waals surface area contributed by atoms with Crippen LogP contribution in [0, 0.1) is 0 Å². The highest BCUT2D eigenvalue weighted by atomic mass is 79.9. The summed E-state index contributed by atoms with van der Waals surface area (Å²) in [5.41, 5.74) is 7.11. The second kappa shape index (κ2) is 3.86. The lowest BCUT2D eigenvalue weighted by Crippen LogP contribution is -1.95. The average Bonchev–Trinajstić information content (AvgIpc) is 2.23. The van der Waals surface area contributed by atoms with Crippen molar-refractivity contribution in [2.45, 2.75) is 0 Å². The Labute approximate surface area is 94.9 Å². The Bertz CT molecular complexity index is 485. The molecule has 0 radical (unpaired) electrons. The van der Waals surface area contributed by atoms with Crippen LogP contribution in [0.15, 0.2) is 35.1 Å². The van der Waals surface area contributed by atoms with Gasteiger partial charge in [-0.25, -0.2) is 9.97 Å². The first-order valence-corrected chi connectivity index (χ1v) is 5.03. The summed E-state index contributed by atoms with van der Waals surface area (Å²) in [5.74, 6) is 0.582. The Hall–Kier alpha value is -1.62. The molecule has 3 N–H and O–H groups in total. The monoisotopic (exact) mass is 265 g/mol. The van der Waals surface area contributed by atoms with Crippen molar-refractivity contribution in [1.82, 2.24) is 9.97 Å². The lowest BCUT2D eigenvalue weighted by Gasteiger charge is -2.02. The van der Waals surface area contributed by atoms with Gasteiger partial charge in [0.25, 0.3) is 0 Å². The van der Waals surface area contributed by atoms with E-state index in [2.05, 4.69) is 25.9 Å². The Balaban J connectivity index is 2.45. The molecule has 4 nitrogen and oxygen atoms in total. The zero-order valence-corrected chi connectivity index (χ0v) is 9.27. The van der Waals surface area contributed by atoms with Gasteiger partial charge < -0.3 is 10.8 Å². The predicted octanol–water partition coefficient (Wildman–Crippen LogP) is 2.19. The lowest BCUT2D eigenvalue weighted by molar-refractivity contribution is 0.475. The third kappa shape index (κ3) is 2.07. The Kier molecular flexibility index (Phi) is 2.55. The van der Waals surface area contributed by atoms with Crippen LogP contribution in [0.25, 0.3) is 11.3 Å². The number of nitrogen functional groups attached to an aromatic ring is 1. The van der Waals surface area contributed by atoms with Crippen LogP contribution in [-0.2, 0) is 0 Å². The topological polar surface area (TPSA) is 72.0 Å². The van der Waals surface area contributed by atoms with Crippen molar-refractivity contribution >= 4 is 21.7 Å². The fraction of sp³-hybridized carbons (Fsp3) is 0. The van der Waals surface area contributed by atoms with E-state index in [1.807, 2.05) is 0 Å². The molecule has 1 aromatic heterocycles. The predicted molar refractivity (Wildman–Crippen MR) is 61.2 cm³/mol. The van der Waals surface area contributed by atoms with E-state index in [4.69, 9.17) is 10.8 Å². The first-order valence-electron chi connectivity index (χ1n) is 4.24. The highest BCUT2D eigenvalue weighted by molar-refractivity contribution is 9.10. The zero-order valence-electron chi connectivity index (χ0n) is 7.68. The molecular formula is C10H8BrN3O. The van der Waals surface area contributed by atoms with Crippen molar-refractivity contribution in [2.75, 3.05) is 5.73 Å². The number of halogens is 1. The number of rotatable bonds is 1. The molecule has 0 saturated carbocycles. The van der Waals surface area contributed by atoms with Crippen molar-refractivity contribution in [3.63, 3.8) is 0 Å². The molecule has 1 heterocycles. The second-order valence-corrected chi connectivity index (χ2v) is 3.73. The van der Waals surface area contributed by atoms with Gasteiger partial charge in [0, 0.05) is 5.56 Å². The van der Waals surface area contributed by atoms with Gasteiger partial charge in [0.2, 0.25) is 0 Å². The summed E-state index contributed by atoms with van der Waals surface area (Å²) in [6.07, 6.45) is 1.59. The smallest absolute Gasteiger partial charge is 0.156 e. The SMILES string of the molecule is Nc1ncc(-c2ccc(O)cc2)nc1Br. The summed E-state index contributed by atoms with van der Waals surface area (Å²) in [6.45, 7) is 0. The summed E-state index contributed by atoms with van der Waals surface area (Å²) < 4.78 is 0.521. The standard InChI is InChI=1S/C10H8BrN3O/c11-9-10(12)13-5-8(14-9)6-1-3-7(15)4-2-6/h1-5,15H,(H2,12,13). The van der Waals surface area contributed by atoms with Gasteiger partial charge in [0.1, 0.15) is 10.4 Å². The molecule has 2 rings (SSSR count). The maximum Gasteiger partial charge on any atom is 0.156 e. The highest BCUT2D eigenvalue weighted by Gasteiger charge is 2.03. The van der Waals surface area contributed by atoms with Gasteiger partial charge in [-0.1, -0.05) is 0 Å². The molecule has 5 heteroatoms.